The quantitative estimate of drug-likeness (QED) is 0.834. The molecule has 0 aliphatic rings. The summed E-state index contributed by atoms with van der Waals surface area (Å²) in [5.41, 5.74) is 4.12. The zero-order valence-electron chi connectivity index (χ0n) is 10.5. The summed E-state index contributed by atoms with van der Waals surface area (Å²) >= 11 is 0. The number of hydrogen-bond donors (Lipinski definition) is 1. The molecule has 1 unspecified atom stereocenters. The summed E-state index contributed by atoms with van der Waals surface area (Å²) < 4.78 is 2.28. The van der Waals surface area contributed by atoms with Crippen molar-refractivity contribution in [3.8, 4) is 0 Å². The maximum absolute atomic E-state index is 3.30. The molecule has 0 saturated heterocycles. The molecule has 2 rings (SSSR count). The Morgan fingerprint density at radius 1 is 1.38 bits per heavy atom. The third-order valence-electron chi connectivity index (χ3n) is 3.40. The summed E-state index contributed by atoms with van der Waals surface area (Å²) in [5.74, 6) is 0. The standard InChI is InChI=1S/C14H20N2/c1-10(15-3)8-12-6-5-7-13-9-11(2)16(4)14(12)13/h5-7,9-10,15H,8H2,1-4H3. The fourth-order valence-electron chi connectivity index (χ4n) is 2.23. The normalized spacial score (nSPS) is 13.2. The van der Waals surface area contributed by atoms with Gasteiger partial charge in [0.05, 0.1) is 5.52 Å². The molecule has 2 aromatic rings. The van der Waals surface area contributed by atoms with Crippen molar-refractivity contribution in [3.63, 3.8) is 0 Å². The molecule has 2 heteroatoms. The first-order valence-corrected chi connectivity index (χ1v) is 5.84. The van der Waals surface area contributed by atoms with Gasteiger partial charge in [0, 0.05) is 24.2 Å². The van der Waals surface area contributed by atoms with Gasteiger partial charge in [-0.15, -0.1) is 0 Å². The summed E-state index contributed by atoms with van der Waals surface area (Å²) in [6.07, 6.45) is 1.07. The van der Waals surface area contributed by atoms with E-state index in [9.17, 15) is 0 Å². The maximum Gasteiger partial charge on any atom is 0.0512 e. The first kappa shape index (κ1) is 11.2. The first-order chi connectivity index (χ1) is 7.63. The molecule has 1 N–H and O–H groups in total. The number of nitrogens with one attached hydrogen (secondary N) is 1. The number of fused-ring (bicyclic) bond motifs is 1. The van der Waals surface area contributed by atoms with E-state index in [1.54, 1.807) is 0 Å². The van der Waals surface area contributed by atoms with Crippen molar-refractivity contribution in [1.82, 2.24) is 9.88 Å². The topological polar surface area (TPSA) is 17.0 Å². The Morgan fingerprint density at radius 3 is 2.81 bits per heavy atom. The van der Waals surface area contributed by atoms with Crippen molar-refractivity contribution in [2.45, 2.75) is 26.3 Å². The fraction of sp³-hybridized carbons (Fsp3) is 0.429. The lowest BCUT2D eigenvalue weighted by atomic mass is 10.0. The van der Waals surface area contributed by atoms with Crippen LogP contribution in [-0.4, -0.2) is 17.7 Å². The number of aromatic nitrogens is 1. The second-order valence-corrected chi connectivity index (χ2v) is 4.59. The first-order valence-electron chi connectivity index (χ1n) is 5.84. The van der Waals surface area contributed by atoms with Crippen LogP contribution in [0.15, 0.2) is 24.3 Å². The van der Waals surface area contributed by atoms with E-state index in [0.717, 1.165) is 6.42 Å². The number of aryl methyl sites for hydroxylation is 2. The van der Waals surface area contributed by atoms with E-state index in [0.29, 0.717) is 6.04 Å². The highest BCUT2D eigenvalue weighted by Crippen LogP contribution is 2.23. The van der Waals surface area contributed by atoms with Gasteiger partial charge in [0.15, 0.2) is 0 Å². The highest BCUT2D eigenvalue weighted by molar-refractivity contribution is 5.84. The molecule has 0 spiro atoms. The average Bonchev–Trinajstić information content (AvgIpc) is 2.56. The van der Waals surface area contributed by atoms with Crippen LogP contribution in [0.3, 0.4) is 0 Å². The lowest BCUT2D eigenvalue weighted by Crippen LogP contribution is -2.23. The van der Waals surface area contributed by atoms with Gasteiger partial charge in [-0.1, -0.05) is 18.2 Å². The largest absolute Gasteiger partial charge is 0.348 e. The van der Waals surface area contributed by atoms with Crippen molar-refractivity contribution < 1.29 is 0 Å². The van der Waals surface area contributed by atoms with Crippen molar-refractivity contribution >= 4 is 10.9 Å². The van der Waals surface area contributed by atoms with E-state index >= 15 is 0 Å². The summed E-state index contributed by atoms with van der Waals surface area (Å²) in [4.78, 5) is 0. The Kier molecular flexibility index (Phi) is 3.01. The predicted octanol–water partition coefficient (Wildman–Crippen LogP) is 2.64. The minimum atomic E-state index is 0.515. The molecule has 2 nitrogen and oxygen atoms in total. The van der Waals surface area contributed by atoms with Crippen LogP contribution in [0.4, 0.5) is 0 Å². The van der Waals surface area contributed by atoms with Crippen LogP contribution < -0.4 is 5.32 Å². The zero-order chi connectivity index (χ0) is 11.7. The van der Waals surface area contributed by atoms with E-state index in [1.165, 1.54) is 22.2 Å². The molecule has 16 heavy (non-hydrogen) atoms. The minimum absolute atomic E-state index is 0.515. The minimum Gasteiger partial charge on any atom is -0.348 e. The second kappa shape index (κ2) is 4.30. The van der Waals surface area contributed by atoms with Crippen molar-refractivity contribution in [3.05, 3.63) is 35.5 Å². The van der Waals surface area contributed by atoms with E-state index in [4.69, 9.17) is 0 Å². The van der Waals surface area contributed by atoms with Crippen LogP contribution in [0.2, 0.25) is 0 Å². The number of hydrogen-bond acceptors (Lipinski definition) is 1. The van der Waals surface area contributed by atoms with Gasteiger partial charge in [-0.3, -0.25) is 0 Å². The van der Waals surface area contributed by atoms with E-state index in [1.807, 2.05) is 7.05 Å². The summed E-state index contributed by atoms with van der Waals surface area (Å²) in [7, 11) is 4.16. The third-order valence-corrected chi connectivity index (χ3v) is 3.40. The molecule has 0 aliphatic carbocycles. The molecular weight excluding hydrogens is 196 g/mol. The molecule has 0 amide bonds. The summed E-state index contributed by atoms with van der Waals surface area (Å²) in [6, 6.07) is 9.34. The number of nitrogens with zero attached hydrogens (tertiary/aromatic N) is 1. The van der Waals surface area contributed by atoms with Crippen LogP contribution >= 0.6 is 0 Å². The van der Waals surface area contributed by atoms with Gasteiger partial charge in [-0.05, 0) is 38.9 Å². The number of rotatable bonds is 3. The SMILES string of the molecule is CNC(C)Cc1cccc2cc(C)n(C)c12. The van der Waals surface area contributed by atoms with E-state index in [2.05, 4.69) is 55.0 Å². The lowest BCUT2D eigenvalue weighted by Gasteiger charge is -2.12. The molecule has 1 heterocycles. The van der Waals surface area contributed by atoms with Crippen LogP contribution in [0.1, 0.15) is 18.2 Å². The van der Waals surface area contributed by atoms with E-state index in [-0.39, 0.29) is 0 Å². The summed E-state index contributed by atoms with van der Waals surface area (Å²) in [5, 5.41) is 4.64. The van der Waals surface area contributed by atoms with Crippen molar-refractivity contribution in [2.75, 3.05) is 7.05 Å². The Labute approximate surface area is 97.3 Å². The van der Waals surface area contributed by atoms with Gasteiger partial charge >= 0.3 is 0 Å². The van der Waals surface area contributed by atoms with Crippen molar-refractivity contribution in [1.29, 1.82) is 0 Å². The molecule has 0 bridgehead atoms. The van der Waals surface area contributed by atoms with Crippen LogP contribution in [-0.2, 0) is 13.5 Å². The molecule has 1 aromatic heterocycles. The van der Waals surface area contributed by atoms with Gasteiger partial charge in [0.1, 0.15) is 0 Å². The van der Waals surface area contributed by atoms with Gasteiger partial charge in [0.2, 0.25) is 0 Å². The average molecular weight is 216 g/mol. The molecule has 0 aliphatic heterocycles. The number of likely N-dealkylation sites (N-methyl/N-ethyl adjacent to an activating group) is 1. The molecule has 1 atom stereocenters. The molecule has 86 valence electrons. The smallest absolute Gasteiger partial charge is 0.0512 e. The highest BCUT2D eigenvalue weighted by Gasteiger charge is 2.09. The van der Waals surface area contributed by atoms with Gasteiger partial charge in [0.25, 0.3) is 0 Å². The molecule has 0 saturated carbocycles. The lowest BCUT2D eigenvalue weighted by molar-refractivity contribution is 0.609. The highest BCUT2D eigenvalue weighted by atomic mass is 14.9. The van der Waals surface area contributed by atoms with Crippen LogP contribution in [0.25, 0.3) is 10.9 Å². The fourth-order valence-corrected chi connectivity index (χ4v) is 2.23. The number of benzene rings is 1. The third kappa shape index (κ3) is 1.85. The Morgan fingerprint density at radius 2 is 2.12 bits per heavy atom. The number of para-hydroxylation sites is 1. The van der Waals surface area contributed by atoms with Crippen molar-refractivity contribution in [2.24, 2.45) is 7.05 Å². The second-order valence-electron chi connectivity index (χ2n) is 4.59. The van der Waals surface area contributed by atoms with Gasteiger partial charge in [-0.2, -0.15) is 0 Å². The molecule has 1 aromatic carbocycles. The zero-order valence-corrected chi connectivity index (χ0v) is 10.5. The molecular formula is C14H20N2. The van der Waals surface area contributed by atoms with Crippen LogP contribution in [0, 0.1) is 6.92 Å². The van der Waals surface area contributed by atoms with Crippen LogP contribution in [0.5, 0.6) is 0 Å². The summed E-state index contributed by atoms with van der Waals surface area (Å²) in [6.45, 7) is 4.37. The van der Waals surface area contributed by atoms with Gasteiger partial charge < -0.3 is 9.88 Å². The molecule has 0 radical (unpaired) electrons. The molecule has 0 fully saturated rings. The Hall–Kier alpha value is -1.28. The van der Waals surface area contributed by atoms with E-state index < -0.39 is 0 Å². The monoisotopic (exact) mass is 216 g/mol. The maximum atomic E-state index is 3.30. The predicted molar refractivity (Wildman–Crippen MR) is 69.9 cm³/mol. The van der Waals surface area contributed by atoms with Gasteiger partial charge in [-0.25, -0.2) is 0 Å². The Bertz CT molecular complexity index is 497. The Balaban J connectivity index is 2.52.